The van der Waals surface area contributed by atoms with Gasteiger partial charge in [-0.1, -0.05) is 41.1 Å². The summed E-state index contributed by atoms with van der Waals surface area (Å²) in [7, 11) is 0. The summed E-state index contributed by atoms with van der Waals surface area (Å²) in [5, 5.41) is 3.53. The number of nitrogens with one attached hydrogen (secondary N) is 1. The van der Waals surface area contributed by atoms with Crippen LogP contribution in [0.4, 0.5) is 0 Å². The fourth-order valence-electron chi connectivity index (χ4n) is 1.91. The Labute approximate surface area is 87.7 Å². The van der Waals surface area contributed by atoms with Gasteiger partial charge in [0.15, 0.2) is 0 Å². The van der Waals surface area contributed by atoms with E-state index in [0.29, 0.717) is 6.04 Å². The van der Waals surface area contributed by atoms with E-state index in [-0.39, 0.29) is 0 Å². The van der Waals surface area contributed by atoms with Crippen LogP contribution in [-0.2, 0) is 0 Å². The molecular weight excluding hydrogens is 226 g/mol. The van der Waals surface area contributed by atoms with E-state index >= 15 is 0 Å². The SMILES string of the molecule is C[C@@H]1CN[C@H](c2ccccc2Br)C1. The Morgan fingerprint density at radius 2 is 2.15 bits per heavy atom. The van der Waals surface area contributed by atoms with Crippen molar-refractivity contribution in [3.63, 3.8) is 0 Å². The Morgan fingerprint density at radius 1 is 1.38 bits per heavy atom. The van der Waals surface area contributed by atoms with Crippen LogP contribution in [0.5, 0.6) is 0 Å². The zero-order valence-corrected chi connectivity index (χ0v) is 9.34. The van der Waals surface area contributed by atoms with Crippen LogP contribution >= 0.6 is 15.9 Å². The lowest BCUT2D eigenvalue weighted by Crippen LogP contribution is -2.13. The summed E-state index contributed by atoms with van der Waals surface area (Å²) in [6, 6.07) is 9.02. The highest BCUT2D eigenvalue weighted by atomic mass is 79.9. The minimum absolute atomic E-state index is 0.547. The molecule has 1 saturated heterocycles. The molecule has 0 aliphatic carbocycles. The molecule has 1 heterocycles. The molecule has 1 aromatic carbocycles. The molecule has 1 nitrogen and oxygen atoms in total. The molecule has 1 aliphatic rings. The third-order valence-corrected chi connectivity index (χ3v) is 3.35. The van der Waals surface area contributed by atoms with E-state index < -0.39 is 0 Å². The van der Waals surface area contributed by atoms with Gasteiger partial charge in [-0.25, -0.2) is 0 Å². The number of rotatable bonds is 1. The van der Waals surface area contributed by atoms with E-state index in [1.165, 1.54) is 16.5 Å². The molecule has 2 heteroatoms. The Bertz CT molecular complexity index is 298. The van der Waals surface area contributed by atoms with Gasteiger partial charge in [-0.05, 0) is 30.5 Å². The van der Waals surface area contributed by atoms with Crippen molar-refractivity contribution in [2.45, 2.75) is 19.4 Å². The average Bonchev–Trinajstić information content (AvgIpc) is 2.53. The fraction of sp³-hybridized carbons (Fsp3) is 0.455. The Hall–Kier alpha value is -0.340. The summed E-state index contributed by atoms with van der Waals surface area (Å²) in [5.41, 5.74) is 1.40. The first-order chi connectivity index (χ1) is 6.27. The Morgan fingerprint density at radius 3 is 2.77 bits per heavy atom. The first-order valence-electron chi connectivity index (χ1n) is 4.75. The highest BCUT2D eigenvalue weighted by molar-refractivity contribution is 9.10. The van der Waals surface area contributed by atoms with Gasteiger partial charge in [0.2, 0.25) is 0 Å². The van der Waals surface area contributed by atoms with Crippen molar-refractivity contribution < 1.29 is 0 Å². The monoisotopic (exact) mass is 239 g/mol. The molecule has 2 atom stereocenters. The molecular formula is C11H14BrN. The number of hydrogen-bond donors (Lipinski definition) is 1. The van der Waals surface area contributed by atoms with Crippen molar-refractivity contribution in [3.05, 3.63) is 34.3 Å². The Kier molecular flexibility index (Phi) is 2.70. The Balaban J connectivity index is 2.21. The molecule has 0 unspecified atom stereocenters. The lowest BCUT2D eigenvalue weighted by Gasteiger charge is -2.12. The number of hydrogen-bond acceptors (Lipinski definition) is 1. The predicted molar refractivity (Wildman–Crippen MR) is 58.7 cm³/mol. The second kappa shape index (κ2) is 3.81. The average molecular weight is 240 g/mol. The van der Waals surface area contributed by atoms with E-state index in [1.54, 1.807) is 0 Å². The van der Waals surface area contributed by atoms with Gasteiger partial charge in [0.1, 0.15) is 0 Å². The molecule has 0 amide bonds. The van der Waals surface area contributed by atoms with Gasteiger partial charge in [0.05, 0.1) is 0 Å². The maximum Gasteiger partial charge on any atom is 0.0334 e. The van der Waals surface area contributed by atoms with Crippen molar-refractivity contribution >= 4 is 15.9 Å². The number of benzene rings is 1. The second-order valence-electron chi connectivity index (χ2n) is 3.82. The molecule has 0 aromatic heterocycles. The molecule has 1 aromatic rings. The van der Waals surface area contributed by atoms with E-state index in [2.05, 4.69) is 52.4 Å². The topological polar surface area (TPSA) is 12.0 Å². The van der Waals surface area contributed by atoms with Crippen molar-refractivity contribution in [1.82, 2.24) is 5.32 Å². The standard InChI is InChI=1S/C11H14BrN/c1-8-6-11(13-7-8)9-4-2-3-5-10(9)12/h2-5,8,11,13H,6-7H2,1H3/t8-,11-/m0/s1. The maximum atomic E-state index is 3.59. The summed E-state index contributed by atoms with van der Waals surface area (Å²) in [5.74, 6) is 0.803. The van der Waals surface area contributed by atoms with Gasteiger partial charge in [0.25, 0.3) is 0 Å². The van der Waals surface area contributed by atoms with Crippen LogP contribution in [-0.4, -0.2) is 6.54 Å². The molecule has 0 radical (unpaired) electrons. The van der Waals surface area contributed by atoms with E-state index in [9.17, 15) is 0 Å². The predicted octanol–water partition coefficient (Wildman–Crippen LogP) is 3.12. The quantitative estimate of drug-likeness (QED) is 0.795. The smallest absolute Gasteiger partial charge is 0.0334 e. The molecule has 1 fully saturated rings. The minimum atomic E-state index is 0.547. The summed E-state index contributed by atoms with van der Waals surface area (Å²) < 4.78 is 1.22. The normalized spacial score (nSPS) is 27.8. The third kappa shape index (κ3) is 1.94. The van der Waals surface area contributed by atoms with E-state index in [0.717, 1.165) is 12.5 Å². The second-order valence-corrected chi connectivity index (χ2v) is 4.68. The van der Waals surface area contributed by atoms with Gasteiger partial charge < -0.3 is 5.32 Å². The summed E-state index contributed by atoms with van der Waals surface area (Å²) in [6.45, 7) is 3.44. The lowest BCUT2D eigenvalue weighted by molar-refractivity contribution is 0.610. The number of halogens is 1. The lowest BCUT2D eigenvalue weighted by atomic mass is 10.0. The zero-order valence-electron chi connectivity index (χ0n) is 7.76. The summed E-state index contributed by atoms with van der Waals surface area (Å²) in [4.78, 5) is 0. The van der Waals surface area contributed by atoms with Gasteiger partial charge in [-0.3, -0.25) is 0 Å². The highest BCUT2D eigenvalue weighted by Crippen LogP contribution is 2.31. The third-order valence-electron chi connectivity index (χ3n) is 2.63. The van der Waals surface area contributed by atoms with Crippen LogP contribution in [0.25, 0.3) is 0 Å². The molecule has 70 valence electrons. The van der Waals surface area contributed by atoms with Gasteiger partial charge in [-0.2, -0.15) is 0 Å². The fourth-order valence-corrected chi connectivity index (χ4v) is 2.47. The maximum absolute atomic E-state index is 3.59. The molecule has 1 N–H and O–H groups in total. The van der Waals surface area contributed by atoms with Crippen molar-refractivity contribution in [3.8, 4) is 0 Å². The molecule has 1 aliphatic heterocycles. The van der Waals surface area contributed by atoms with Crippen LogP contribution in [0, 0.1) is 5.92 Å². The van der Waals surface area contributed by atoms with Crippen molar-refractivity contribution in [1.29, 1.82) is 0 Å². The van der Waals surface area contributed by atoms with Gasteiger partial charge in [0, 0.05) is 10.5 Å². The first-order valence-corrected chi connectivity index (χ1v) is 5.54. The van der Waals surface area contributed by atoms with Crippen LogP contribution in [0.15, 0.2) is 28.7 Å². The summed E-state index contributed by atoms with van der Waals surface area (Å²) >= 11 is 3.59. The highest BCUT2D eigenvalue weighted by Gasteiger charge is 2.22. The van der Waals surface area contributed by atoms with Gasteiger partial charge >= 0.3 is 0 Å². The zero-order chi connectivity index (χ0) is 9.26. The molecule has 0 spiro atoms. The van der Waals surface area contributed by atoms with E-state index in [1.807, 2.05) is 0 Å². The molecule has 0 bridgehead atoms. The molecule has 13 heavy (non-hydrogen) atoms. The van der Waals surface area contributed by atoms with Crippen LogP contribution in [0.2, 0.25) is 0 Å². The van der Waals surface area contributed by atoms with Gasteiger partial charge in [-0.15, -0.1) is 0 Å². The van der Waals surface area contributed by atoms with E-state index in [4.69, 9.17) is 0 Å². The largest absolute Gasteiger partial charge is 0.310 e. The van der Waals surface area contributed by atoms with Crippen LogP contribution in [0.1, 0.15) is 24.9 Å². The minimum Gasteiger partial charge on any atom is -0.310 e. The molecule has 0 saturated carbocycles. The first kappa shape index (κ1) is 9.22. The van der Waals surface area contributed by atoms with Crippen LogP contribution < -0.4 is 5.32 Å². The van der Waals surface area contributed by atoms with Crippen molar-refractivity contribution in [2.75, 3.05) is 6.54 Å². The van der Waals surface area contributed by atoms with Crippen molar-refractivity contribution in [2.24, 2.45) is 5.92 Å². The molecule has 2 rings (SSSR count). The van der Waals surface area contributed by atoms with Crippen LogP contribution in [0.3, 0.4) is 0 Å². The summed E-state index contributed by atoms with van der Waals surface area (Å²) in [6.07, 6.45) is 1.25.